The van der Waals surface area contributed by atoms with Gasteiger partial charge in [-0.3, -0.25) is 0 Å². The fraction of sp³-hybridized carbons (Fsp3) is 0.917. The average Bonchev–Trinajstić information content (AvgIpc) is 2.26. The van der Waals surface area contributed by atoms with E-state index in [1.807, 2.05) is 0 Å². The van der Waals surface area contributed by atoms with Crippen molar-refractivity contribution >= 4 is 17.4 Å². The van der Waals surface area contributed by atoms with Crippen LogP contribution in [0.3, 0.4) is 0 Å². The first-order valence-electron chi connectivity index (χ1n) is 6.03. The predicted octanol–water partition coefficient (Wildman–Crippen LogP) is 3.86. The smallest absolute Gasteiger partial charge is 0.0584 e. The van der Waals surface area contributed by atoms with E-state index in [4.69, 9.17) is 4.74 Å². The first-order valence-corrected chi connectivity index (χ1v) is 6.44. The zero-order chi connectivity index (χ0) is 11.2. The second-order valence-corrected chi connectivity index (χ2v) is 3.89. The Morgan fingerprint density at radius 3 is 2.40 bits per heavy atom. The Morgan fingerprint density at radius 2 is 1.67 bits per heavy atom. The van der Waals surface area contributed by atoms with Gasteiger partial charge in [-0.15, -0.1) is 0 Å². The standard InChI is InChI=1S/C12H23NOS/c1-2-3-4-5-6-7-10-14-11-8-9-13-12-15/h2-11H2,1H3. The van der Waals surface area contributed by atoms with Crippen molar-refractivity contribution in [2.45, 2.75) is 51.9 Å². The van der Waals surface area contributed by atoms with Crippen molar-refractivity contribution in [3.63, 3.8) is 0 Å². The Morgan fingerprint density at radius 1 is 1.00 bits per heavy atom. The van der Waals surface area contributed by atoms with Gasteiger partial charge >= 0.3 is 0 Å². The molecule has 0 saturated heterocycles. The molecule has 88 valence electrons. The molecule has 0 aromatic rings. The zero-order valence-electron chi connectivity index (χ0n) is 9.83. The van der Waals surface area contributed by atoms with Crippen LogP contribution in [0.1, 0.15) is 51.9 Å². The lowest BCUT2D eigenvalue weighted by Crippen LogP contribution is -1.98. The fourth-order valence-electron chi connectivity index (χ4n) is 1.38. The molecule has 0 amide bonds. The summed E-state index contributed by atoms with van der Waals surface area (Å²) in [4.78, 5) is 3.82. The van der Waals surface area contributed by atoms with Crippen molar-refractivity contribution in [3.05, 3.63) is 0 Å². The van der Waals surface area contributed by atoms with E-state index in [1.165, 1.54) is 38.5 Å². The van der Waals surface area contributed by atoms with Gasteiger partial charge in [0.15, 0.2) is 0 Å². The van der Waals surface area contributed by atoms with Gasteiger partial charge in [-0.25, -0.2) is 4.99 Å². The second-order valence-electron chi connectivity index (χ2n) is 3.71. The van der Waals surface area contributed by atoms with Crippen LogP contribution in [0.25, 0.3) is 0 Å². The van der Waals surface area contributed by atoms with Crippen LogP contribution in [0.4, 0.5) is 0 Å². The van der Waals surface area contributed by atoms with E-state index in [0.29, 0.717) is 0 Å². The van der Waals surface area contributed by atoms with Crippen molar-refractivity contribution in [1.29, 1.82) is 0 Å². The molecule has 0 aliphatic carbocycles. The van der Waals surface area contributed by atoms with Crippen LogP contribution in [0, 0.1) is 0 Å². The molecule has 0 aliphatic rings. The largest absolute Gasteiger partial charge is 0.381 e. The number of isothiocyanates is 1. The molecular formula is C12H23NOS. The Balaban J connectivity index is 2.89. The lowest BCUT2D eigenvalue weighted by molar-refractivity contribution is 0.129. The molecule has 0 saturated carbocycles. The Bertz CT molecular complexity index is 167. The molecule has 0 unspecified atom stereocenters. The van der Waals surface area contributed by atoms with Gasteiger partial charge in [0.1, 0.15) is 0 Å². The monoisotopic (exact) mass is 229 g/mol. The van der Waals surface area contributed by atoms with Crippen LogP contribution in [-0.4, -0.2) is 24.9 Å². The third kappa shape index (κ3) is 13.8. The van der Waals surface area contributed by atoms with E-state index < -0.39 is 0 Å². The van der Waals surface area contributed by atoms with Crippen LogP contribution < -0.4 is 0 Å². The lowest BCUT2D eigenvalue weighted by Gasteiger charge is -2.02. The van der Waals surface area contributed by atoms with Gasteiger partial charge in [0.2, 0.25) is 0 Å². The summed E-state index contributed by atoms with van der Waals surface area (Å²) in [5.41, 5.74) is 0. The van der Waals surface area contributed by atoms with Gasteiger partial charge in [0.05, 0.1) is 11.7 Å². The van der Waals surface area contributed by atoms with E-state index in [0.717, 1.165) is 26.2 Å². The quantitative estimate of drug-likeness (QED) is 0.305. The summed E-state index contributed by atoms with van der Waals surface area (Å²) in [5.74, 6) is 0. The van der Waals surface area contributed by atoms with Gasteiger partial charge < -0.3 is 4.74 Å². The van der Waals surface area contributed by atoms with Crippen molar-refractivity contribution in [1.82, 2.24) is 0 Å². The highest BCUT2D eigenvalue weighted by molar-refractivity contribution is 7.78. The summed E-state index contributed by atoms with van der Waals surface area (Å²) < 4.78 is 5.46. The number of hydrogen-bond acceptors (Lipinski definition) is 3. The highest BCUT2D eigenvalue weighted by Gasteiger charge is 1.91. The molecule has 15 heavy (non-hydrogen) atoms. The maximum Gasteiger partial charge on any atom is 0.0584 e. The minimum atomic E-state index is 0.750. The first-order chi connectivity index (χ1) is 7.41. The SMILES string of the molecule is CCCCCCCCOCCCN=C=S. The molecule has 0 aromatic carbocycles. The van der Waals surface area contributed by atoms with Gasteiger partial charge in [-0.1, -0.05) is 39.0 Å². The number of ether oxygens (including phenoxy) is 1. The Kier molecular flexibility index (Phi) is 13.5. The third-order valence-corrected chi connectivity index (χ3v) is 2.39. The van der Waals surface area contributed by atoms with E-state index in [2.05, 4.69) is 29.3 Å². The molecule has 0 spiro atoms. The minimum absolute atomic E-state index is 0.750. The molecule has 0 bridgehead atoms. The van der Waals surface area contributed by atoms with Crippen molar-refractivity contribution in [3.8, 4) is 0 Å². The van der Waals surface area contributed by atoms with Crippen molar-refractivity contribution in [2.75, 3.05) is 19.8 Å². The molecule has 0 heterocycles. The van der Waals surface area contributed by atoms with Gasteiger partial charge in [0.25, 0.3) is 0 Å². The van der Waals surface area contributed by atoms with Crippen LogP contribution in [0.15, 0.2) is 4.99 Å². The molecule has 0 aromatic heterocycles. The minimum Gasteiger partial charge on any atom is -0.381 e. The number of nitrogens with zero attached hydrogens (tertiary/aromatic N) is 1. The average molecular weight is 229 g/mol. The van der Waals surface area contributed by atoms with Crippen LogP contribution >= 0.6 is 12.2 Å². The number of unbranched alkanes of at least 4 members (excludes halogenated alkanes) is 5. The van der Waals surface area contributed by atoms with Gasteiger partial charge in [-0.05, 0) is 25.1 Å². The molecule has 0 N–H and O–H groups in total. The topological polar surface area (TPSA) is 21.6 Å². The summed E-state index contributed by atoms with van der Waals surface area (Å²) >= 11 is 4.46. The van der Waals surface area contributed by atoms with Crippen LogP contribution in [0.2, 0.25) is 0 Å². The molecule has 2 nitrogen and oxygen atoms in total. The fourth-order valence-corrected chi connectivity index (χ4v) is 1.47. The highest BCUT2D eigenvalue weighted by Crippen LogP contribution is 2.04. The third-order valence-electron chi connectivity index (χ3n) is 2.27. The van der Waals surface area contributed by atoms with Crippen LogP contribution in [-0.2, 0) is 4.74 Å². The summed E-state index contributed by atoms with van der Waals surface area (Å²) in [6, 6.07) is 0. The maximum atomic E-state index is 5.46. The van der Waals surface area contributed by atoms with Gasteiger partial charge in [0, 0.05) is 13.2 Å². The van der Waals surface area contributed by atoms with Crippen LogP contribution in [0.5, 0.6) is 0 Å². The first kappa shape index (κ1) is 14.8. The molecule has 0 fully saturated rings. The number of aliphatic imine (C=N–C) groups is 1. The number of rotatable bonds is 11. The summed E-state index contributed by atoms with van der Waals surface area (Å²) in [6.45, 7) is 4.69. The predicted molar refractivity (Wildman–Crippen MR) is 68.7 cm³/mol. The maximum absolute atomic E-state index is 5.46. The van der Waals surface area contributed by atoms with E-state index in [1.54, 1.807) is 0 Å². The Hall–Kier alpha value is -0.240. The molecule has 0 aliphatic heterocycles. The second kappa shape index (κ2) is 13.8. The molecule has 0 radical (unpaired) electrons. The lowest BCUT2D eigenvalue weighted by atomic mass is 10.1. The van der Waals surface area contributed by atoms with Crippen molar-refractivity contribution < 1.29 is 4.74 Å². The number of hydrogen-bond donors (Lipinski definition) is 0. The number of thiocarbonyl (C=S) groups is 1. The van der Waals surface area contributed by atoms with Gasteiger partial charge in [-0.2, -0.15) is 0 Å². The van der Waals surface area contributed by atoms with E-state index in [-0.39, 0.29) is 0 Å². The summed E-state index contributed by atoms with van der Waals surface area (Å²) in [7, 11) is 0. The molecular weight excluding hydrogens is 206 g/mol. The van der Waals surface area contributed by atoms with E-state index in [9.17, 15) is 0 Å². The molecule has 3 heteroatoms. The zero-order valence-corrected chi connectivity index (χ0v) is 10.7. The summed E-state index contributed by atoms with van der Waals surface area (Å²) in [6.07, 6.45) is 8.87. The molecule has 0 atom stereocenters. The summed E-state index contributed by atoms with van der Waals surface area (Å²) in [5, 5.41) is 2.35. The van der Waals surface area contributed by atoms with E-state index >= 15 is 0 Å². The normalized spacial score (nSPS) is 9.93. The van der Waals surface area contributed by atoms with Crippen molar-refractivity contribution in [2.24, 2.45) is 4.99 Å². The molecule has 0 rings (SSSR count). The highest BCUT2D eigenvalue weighted by atomic mass is 32.1. The Labute approximate surface area is 99.1 Å².